The Balaban J connectivity index is 1.68. The molecule has 2 aromatic heterocycles. The number of nitrogens with zero attached hydrogens (tertiary/aromatic N) is 3. The lowest BCUT2D eigenvalue weighted by Crippen LogP contribution is -2.40. The maximum atomic E-state index is 13.3. The highest BCUT2D eigenvalue weighted by Crippen LogP contribution is 2.33. The molecule has 0 fully saturated rings. The van der Waals surface area contributed by atoms with Crippen molar-refractivity contribution in [3.63, 3.8) is 0 Å². The lowest BCUT2D eigenvalue weighted by Gasteiger charge is -2.28. The fraction of sp³-hybridized carbons (Fsp3) is 0.391. The Morgan fingerprint density at radius 3 is 2.72 bits per heavy atom. The minimum Gasteiger partial charge on any atom is -0.324 e. The molecule has 1 atom stereocenters. The third kappa shape index (κ3) is 3.95. The lowest BCUT2D eigenvalue weighted by molar-refractivity contribution is -0.117. The van der Waals surface area contributed by atoms with Crippen molar-refractivity contribution in [2.75, 3.05) is 16.0 Å². The first-order chi connectivity index (χ1) is 15.2. The minimum atomic E-state index is -0.280. The molecule has 1 aliphatic rings. The maximum Gasteiger partial charge on any atom is 0.263 e. The van der Waals surface area contributed by atoms with Crippen LogP contribution in [-0.4, -0.2) is 33.2 Å². The summed E-state index contributed by atoms with van der Waals surface area (Å²) in [4.78, 5) is 47.0. The van der Waals surface area contributed by atoms with Gasteiger partial charge < -0.3 is 10.2 Å². The first-order valence-corrected chi connectivity index (χ1v) is 12.3. The van der Waals surface area contributed by atoms with Gasteiger partial charge in [-0.2, -0.15) is 0 Å². The van der Waals surface area contributed by atoms with E-state index in [9.17, 15) is 14.4 Å². The van der Waals surface area contributed by atoms with E-state index < -0.39 is 0 Å². The van der Waals surface area contributed by atoms with Crippen LogP contribution < -0.4 is 15.8 Å². The topological polar surface area (TPSA) is 84.3 Å². The number of fused-ring (bicyclic) bond motifs is 2. The van der Waals surface area contributed by atoms with Crippen LogP contribution in [0.2, 0.25) is 0 Å². The molecule has 0 radical (unpaired) electrons. The Bertz CT molecular complexity index is 1280. The Kier molecular flexibility index (Phi) is 6.13. The Morgan fingerprint density at radius 2 is 2.00 bits per heavy atom. The molecule has 1 aliphatic heterocycles. The predicted molar refractivity (Wildman–Crippen MR) is 131 cm³/mol. The fourth-order valence-corrected chi connectivity index (χ4v) is 6.07. The summed E-state index contributed by atoms with van der Waals surface area (Å²) >= 11 is 2.77. The monoisotopic (exact) mass is 470 g/mol. The van der Waals surface area contributed by atoms with Crippen molar-refractivity contribution in [1.82, 2.24) is 9.55 Å². The van der Waals surface area contributed by atoms with Gasteiger partial charge in [0.2, 0.25) is 11.8 Å². The van der Waals surface area contributed by atoms with E-state index >= 15 is 0 Å². The molecule has 0 saturated heterocycles. The molecule has 0 saturated carbocycles. The van der Waals surface area contributed by atoms with Crippen LogP contribution in [0, 0.1) is 13.8 Å². The number of carbonyl (C=O) groups is 2. The number of rotatable bonds is 4. The van der Waals surface area contributed by atoms with Crippen molar-refractivity contribution >= 4 is 56.5 Å². The fourth-order valence-electron chi connectivity index (χ4n) is 4.01. The quantitative estimate of drug-likeness (QED) is 0.448. The smallest absolute Gasteiger partial charge is 0.263 e. The molecule has 0 aliphatic carbocycles. The van der Waals surface area contributed by atoms with Crippen LogP contribution in [0.5, 0.6) is 0 Å². The highest BCUT2D eigenvalue weighted by atomic mass is 32.2. The Hall–Kier alpha value is -2.65. The Labute approximate surface area is 194 Å². The van der Waals surface area contributed by atoms with E-state index in [1.54, 1.807) is 15.5 Å². The molecule has 3 aromatic rings. The van der Waals surface area contributed by atoms with Gasteiger partial charge in [-0.15, -0.1) is 11.3 Å². The third-order valence-electron chi connectivity index (χ3n) is 5.67. The second-order valence-electron chi connectivity index (χ2n) is 8.30. The highest BCUT2D eigenvalue weighted by molar-refractivity contribution is 7.99. The molecule has 0 spiro atoms. The number of amides is 2. The van der Waals surface area contributed by atoms with Crippen molar-refractivity contribution in [3.8, 4) is 0 Å². The van der Waals surface area contributed by atoms with Crippen molar-refractivity contribution in [1.29, 1.82) is 0 Å². The van der Waals surface area contributed by atoms with Gasteiger partial charge in [-0.1, -0.05) is 23.9 Å². The number of hydrogen-bond donors (Lipinski definition) is 1. The normalized spacial score (nSPS) is 16.2. The molecule has 4 rings (SSSR count). The van der Waals surface area contributed by atoms with Crippen LogP contribution in [0.15, 0.2) is 34.2 Å². The maximum absolute atomic E-state index is 13.3. The molecule has 168 valence electrons. The molecule has 3 heterocycles. The molecule has 1 aromatic carbocycles. The Morgan fingerprint density at radius 1 is 1.28 bits per heavy atom. The summed E-state index contributed by atoms with van der Waals surface area (Å²) in [5, 5.41) is 4.08. The number of hydrogen-bond acceptors (Lipinski definition) is 6. The van der Waals surface area contributed by atoms with Crippen molar-refractivity contribution in [2.24, 2.45) is 0 Å². The first-order valence-electron chi connectivity index (χ1n) is 10.5. The summed E-state index contributed by atoms with van der Waals surface area (Å²) in [6, 6.07) is 6.95. The second-order valence-corrected chi connectivity index (χ2v) is 10.4. The van der Waals surface area contributed by atoms with Gasteiger partial charge in [0.15, 0.2) is 5.16 Å². The molecule has 2 amide bonds. The summed E-state index contributed by atoms with van der Waals surface area (Å²) in [7, 11) is 0. The molecule has 32 heavy (non-hydrogen) atoms. The van der Waals surface area contributed by atoms with Gasteiger partial charge in [0.05, 0.1) is 22.5 Å². The largest absolute Gasteiger partial charge is 0.324 e. The van der Waals surface area contributed by atoms with Crippen LogP contribution in [0.1, 0.15) is 43.7 Å². The number of thiophene rings is 1. The number of thioether (sulfide) groups is 1. The van der Waals surface area contributed by atoms with E-state index in [-0.39, 0.29) is 41.6 Å². The van der Waals surface area contributed by atoms with E-state index in [1.807, 2.05) is 52.8 Å². The average molecular weight is 471 g/mol. The number of nitrogens with one attached hydrogen (secondary N) is 1. The number of benzene rings is 1. The summed E-state index contributed by atoms with van der Waals surface area (Å²) < 4.78 is 1.67. The van der Waals surface area contributed by atoms with E-state index in [0.29, 0.717) is 26.7 Å². The molecular formula is C23H26N4O3S2. The zero-order chi connectivity index (χ0) is 23.2. The SMILES string of the molecule is Cc1sc2nc(SCC(=O)N3c4ccccc4NC(=O)CC3C)n(C(C)C)c(=O)c2c1C. The number of anilines is 2. The molecular weight excluding hydrogens is 444 g/mol. The van der Waals surface area contributed by atoms with Gasteiger partial charge in [-0.3, -0.25) is 19.0 Å². The van der Waals surface area contributed by atoms with Gasteiger partial charge in [0, 0.05) is 23.4 Å². The first kappa shape index (κ1) is 22.5. The van der Waals surface area contributed by atoms with Gasteiger partial charge in [0.25, 0.3) is 5.56 Å². The summed E-state index contributed by atoms with van der Waals surface area (Å²) in [6.07, 6.45) is 0.222. The van der Waals surface area contributed by atoms with Crippen molar-refractivity contribution < 1.29 is 9.59 Å². The zero-order valence-corrected chi connectivity index (χ0v) is 20.4. The highest BCUT2D eigenvalue weighted by Gasteiger charge is 2.30. The number of aromatic nitrogens is 2. The van der Waals surface area contributed by atoms with E-state index in [2.05, 4.69) is 5.32 Å². The predicted octanol–water partition coefficient (Wildman–Crippen LogP) is 4.51. The van der Waals surface area contributed by atoms with Gasteiger partial charge in [-0.05, 0) is 52.3 Å². The third-order valence-corrected chi connectivity index (χ3v) is 7.71. The van der Waals surface area contributed by atoms with Gasteiger partial charge in [0.1, 0.15) is 4.83 Å². The summed E-state index contributed by atoms with van der Waals surface area (Å²) in [6.45, 7) is 9.70. The van der Waals surface area contributed by atoms with Crippen LogP contribution in [0.4, 0.5) is 11.4 Å². The molecule has 1 N–H and O–H groups in total. The van der Waals surface area contributed by atoms with Crippen molar-refractivity contribution in [3.05, 3.63) is 45.1 Å². The summed E-state index contributed by atoms with van der Waals surface area (Å²) in [5.41, 5.74) is 2.22. The number of aryl methyl sites for hydroxylation is 2. The van der Waals surface area contributed by atoms with Gasteiger partial charge >= 0.3 is 0 Å². The molecule has 9 heteroatoms. The molecule has 0 bridgehead atoms. The van der Waals surface area contributed by atoms with E-state index in [4.69, 9.17) is 4.98 Å². The number of carbonyl (C=O) groups excluding carboxylic acids is 2. The van der Waals surface area contributed by atoms with Crippen LogP contribution >= 0.6 is 23.1 Å². The lowest BCUT2D eigenvalue weighted by atomic mass is 10.2. The van der Waals surface area contributed by atoms with Crippen LogP contribution in [0.3, 0.4) is 0 Å². The average Bonchev–Trinajstić information content (AvgIpc) is 2.93. The van der Waals surface area contributed by atoms with Gasteiger partial charge in [-0.25, -0.2) is 4.98 Å². The molecule has 7 nitrogen and oxygen atoms in total. The second kappa shape index (κ2) is 8.71. The minimum absolute atomic E-state index is 0.0647. The number of para-hydroxylation sites is 2. The van der Waals surface area contributed by atoms with Crippen molar-refractivity contribution in [2.45, 2.75) is 58.3 Å². The standard InChI is InChI=1S/C23H26N4O3S2/c1-12(2)26-22(30)20-14(4)15(5)32-21(20)25-23(26)31-11-19(29)27-13(3)10-18(28)24-16-8-6-7-9-17(16)27/h6-9,12-13H,10-11H2,1-5H3,(H,24,28). The zero-order valence-electron chi connectivity index (χ0n) is 18.8. The van der Waals surface area contributed by atoms with E-state index in [1.165, 1.54) is 23.1 Å². The summed E-state index contributed by atoms with van der Waals surface area (Å²) in [5.74, 6) is -0.132. The van der Waals surface area contributed by atoms with Crippen LogP contribution in [0.25, 0.3) is 10.2 Å². The van der Waals surface area contributed by atoms with Crippen LogP contribution in [-0.2, 0) is 9.59 Å². The van der Waals surface area contributed by atoms with E-state index in [0.717, 1.165) is 10.4 Å². The molecule has 1 unspecified atom stereocenters.